The minimum Gasteiger partial charge on any atom is -0.508 e. The minimum atomic E-state index is -2.20. The van der Waals surface area contributed by atoms with Crippen LogP contribution >= 0.6 is 23.2 Å². The zero-order valence-electron chi connectivity index (χ0n) is 61.4. The van der Waals surface area contributed by atoms with E-state index in [4.69, 9.17) is 57.4 Å². The number of Topliss-reactive ketones (excluding diaryl/α,β-unsaturated/α-hetero) is 3. The molecule has 16 N–H and O–H groups in total. The Labute approximate surface area is 648 Å². The van der Waals surface area contributed by atoms with Crippen LogP contribution in [-0.2, 0) is 52.6 Å². The number of phenolic OH excluding ortho intramolecular Hbond substituents is 3. The van der Waals surface area contributed by atoms with Crippen LogP contribution in [0.1, 0.15) is 149 Å². The second-order valence-corrected chi connectivity index (χ2v) is 31.3. The third-order valence-corrected chi connectivity index (χ3v) is 23.0. The van der Waals surface area contributed by atoms with Gasteiger partial charge in [-0.2, -0.15) is 0 Å². The van der Waals surface area contributed by atoms with Crippen molar-refractivity contribution in [1.82, 2.24) is 31.9 Å². The smallest absolute Gasteiger partial charge is 0.321 e. The third-order valence-electron chi connectivity index (χ3n) is 22.4. The number of ether oxygens (including phenoxy) is 6. The molecule has 10 aliphatic rings. The van der Waals surface area contributed by atoms with Crippen LogP contribution in [0.15, 0.2) is 78.9 Å². The lowest BCUT2D eigenvalue weighted by Gasteiger charge is -2.54. The van der Waals surface area contributed by atoms with Gasteiger partial charge in [0.1, 0.15) is 89.5 Å². The summed E-state index contributed by atoms with van der Waals surface area (Å²) in [6.07, 6.45) is -11.1. The number of methoxy groups -OCH3 is 1. The number of benzene rings is 5. The lowest BCUT2D eigenvalue weighted by molar-refractivity contribution is -0.270. The van der Waals surface area contributed by atoms with Crippen molar-refractivity contribution < 1.29 is 112 Å². The topological polar surface area (TPSA) is 469 Å². The van der Waals surface area contributed by atoms with Crippen molar-refractivity contribution in [3.8, 4) is 57.1 Å². The number of carbonyl (C=O) groups is 9. The summed E-state index contributed by atoms with van der Waals surface area (Å²) in [5, 5.41) is 109. The number of aliphatic hydroxyl groups is 5. The van der Waals surface area contributed by atoms with Crippen LogP contribution in [0.25, 0.3) is 11.1 Å². The molecule has 4 aliphatic carbocycles. The van der Waals surface area contributed by atoms with E-state index in [0.717, 1.165) is 62.4 Å². The zero-order valence-corrected chi connectivity index (χ0v) is 62.9. The van der Waals surface area contributed by atoms with Gasteiger partial charge in [-0.05, 0) is 163 Å². The van der Waals surface area contributed by atoms with E-state index in [1.165, 1.54) is 55.6 Å². The number of nitrogens with two attached hydrogens (primary N) is 1. The van der Waals surface area contributed by atoms with E-state index in [1.54, 1.807) is 6.92 Å². The number of fused-ring (bicyclic) bond motifs is 15. The van der Waals surface area contributed by atoms with Crippen molar-refractivity contribution in [2.75, 3.05) is 40.0 Å². The first-order chi connectivity index (χ1) is 53.0. The Morgan fingerprint density at radius 2 is 1.32 bits per heavy atom. The summed E-state index contributed by atoms with van der Waals surface area (Å²) < 4.78 is 36.1. The molecule has 5 fully saturated rings. The van der Waals surface area contributed by atoms with Gasteiger partial charge in [-0.15, -0.1) is 0 Å². The Balaban J connectivity index is 1.05. The maximum absolute atomic E-state index is 16.5. The van der Waals surface area contributed by atoms with E-state index in [9.17, 15) is 55.2 Å². The first kappa shape index (κ1) is 81.4. The summed E-state index contributed by atoms with van der Waals surface area (Å²) >= 11 is 14.3. The number of phenols is 3. The van der Waals surface area contributed by atoms with Crippen molar-refractivity contribution in [3.63, 3.8) is 0 Å². The molecule has 32 heteroatoms. The maximum atomic E-state index is 16.5. The van der Waals surface area contributed by atoms with Crippen molar-refractivity contribution >= 4 is 76.1 Å². The molecule has 6 aliphatic heterocycles. The molecule has 0 radical (unpaired) electrons. The number of urea groups is 1. The van der Waals surface area contributed by atoms with Gasteiger partial charge in [0.05, 0.1) is 41.7 Å². The van der Waals surface area contributed by atoms with Crippen LogP contribution in [-0.4, -0.2) is 177 Å². The highest BCUT2D eigenvalue weighted by Crippen LogP contribution is 2.58. The van der Waals surface area contributed by atoms with Gasteiger partial charge in [-0.25, -0.2) is 4.79 Å². The molecule has 5 aromatic carbocycles. The quantitative estimate of drug-likeness (QED) is 0.0409. The van der Waals surface area contributed by atoms with Crippen molar-refractivity contribution in [1.29, 1.82) is 0 Å². The summed E-state index contributed by atoms with van der Waals surface area (Å²) in [6.45, 7) is 5.32. The fourth-order valence-corrected chi connectivity index (χ4v) is 17.4. The van der Waals surface area contributed by atoms with Gasteiger partial charge in [0.25, 0.3) is 0 Å². The van der Waals surface area contributed by atoms with Gasteiger partial charge >= 0.3 is 6.03 Å². The fraction of sp³-hybridized carbons (Fsp3) is 0.506. The number of hydrogen-bond acceptors (Lipinski definition) is 24. The van der Waals surface area contributed by atoms with Crippen LogP contribution in [0.5, 0.6) is 46.0 Å². The number of carbonyl (C=O) groups excluding carboxylic acids is 9. The summed E-state index contributed by atoms with van der Waals surface area (Å²) in [7, 11) is 1.46. The Morgan fingerprint density at radius 3 is 1.94 bits per heavy atom. The third kappa shape index (κ3) is 18.1. The molecule has 6 heterocycles. The number of imide groups is 1. The summed E-state index contributed by atoms with van der Waals surface area (Å²) in [6, 6.07) is 6.20. The molecule has 15 bridgehead atoms. The summed E-state index contributed by atoms with van der Waals surface area (Å²) in [5.74, 6) is -15.7. The van der Waals surface area contributed by atoms with Gasteiger partial charge in [-0.1, -0.05) is 62.2 Å². The molecule has 30 nitrogen and oxygen atoms in total. The Kier molecular flexibility index (Phi) is 25.6. The highest BCUT2D eigenvalue weighted by Gasteiger charge is 2.51. The molecule has 111 heavy (non-hydrogen) atoms. The number of ketones is 3. The first-order valence-electron chi connectivity index (χ1n) is 37.4. The molecule has 5 aromatic rings. The molecular formula is C79H93Cl2N7O23. The van der Waals surface area contributed by atoms with Crippen LogP contribution in [0.4, 0.5) is 4.79 Å². The van der Waals surface area contributed by atoms with E-state index < -0.39 is 198 Å². The van der Waals surface area contributed by atoms with Crippen molar-refractivity contribution in [2.45, 2.75) is 164 Å². The number of aliphatic hydroxyl groups excluding tert-OH is 5. The number of nitrogens with one attached hydrogen (secondary N) is 6. The standard InChI is InChI=1S/C79H93Cl2N7O23/c1-5-37(16-34(2)3)74(101)87-66-54(92)25-44(28-62(95)84-79(105)83-12-13-107-15-14-106-4)75(102)85-64-43-26-59(108-57-10-7-39(68(66)96)23-50(57)80)73(111-78-72(100)71(99)70(98)61(33-82)110-78)60(27-43)109-58-11-8-40(24-51(58)81)69(97)67-77(104)86-65(56(94)31-46-41-18-35-17-36(20-41)21-42(46)19-35)49-29-45(89)30-53(91)63(49)48-22-38(6-9-52(48)90)47(32-55(64)93)76(103)88-67/h6-11,22-24,26-27,29-30,34-37,41-42,44,46-47,61,64-72,78,89-91,96-100H,5,12-21,25,28,31-33,82H2,1-4H3,(H,85,102)(H,86,104)(H,87,101)(H,88,103)(H2,83,84,95,105)/t35?,36?,37-,41?,42?,44+,46?,47-,61-,64?,65+,66+,67+,68-,69-,70-,71+,72-,78+/m1/s1. The van der Waals surface area contributed by atoms with Crippen LogP contribution in [0.2, 0.25) is 10.0 Å². The molecule has 4 saturated carbocycles. The molecule has 14 atom stereocenters. The molecule has 596 valence electrons. The van der Waals surface area contributed by atoms with Crippen LogP contribution < -0.4 is 51.8 Å². The van der Waals surface area contributed by atoms with Crippen LogP contribution in [0.3, 0.4) is 0 Å². The zero-order chi connectivity index (χ0) is 79.5. The highest BCUT2D eigenvalue weighted by molar-refractivity contribution is 6.32. The molecule has 15 rings (SSSR count). The van der Waals surface area contributed by atoms with Gasteiger partial charge in [0.2, 0.25) is 41.6 Å². The fourth-order valence-electron chi connectivity index (χ4n) is 17.0. The highest BCUT2D eigenvalue weighted by atomic mass is 35.5. The molecule has 0 aromatic heterocycles. The lowest BCUT2D eigenvalue weighted by atomic mass is 9.51. The number of halogens is 2. The van der Waals surface area contributed by atoms with E-state index in [1.807, 2.05) is 13.8 Å². The Bertz CT molecular complexity index is 4360. The monoisotopic (exact) mass is 1580 g/mol. The second kappa shape index (κ2) is 34.9. The number of amides is 7. The van der Waals surface area contributed by atoms with Crippen LogP contribution in [0, 0.1) is 47.3 Å². The molecule has 1 saturated heterocycles. The maximum Gasteiger partial charge on any atom is 0.321 e. The SMILES string of the molecule is CC[C@H](CC(C)C)C(=O)N[C@H]1C(=O)C[C@@H](CC(=O)NC(=O)NCCOCCOC)C(=O)NC2C(=O)C[C@H]3C(=O)N[C@H](C(=O)N[C@H](C(=O)CC4C5CC6CC(C5)CC4C6)c4cc(O)cc(O)c4-c4cc3ccc4O)[C@H](O)c3ccc(c(Cl)c3)Oc3cc2cc(c3O[C@@H]2O[C@H](CN)[C@@H](O)[C@H](O)[C@H]2O)Oc2ccc(cc2Cl)[C@H]1O. The van der Waals surface area contributed by atoms with E-state index in [0.29, 0.717) is 18.3 Å². The predicted molar refractivity (Wildman–Crippen MR) is 396 cm³/mol. The lowest BCUT2D eigenvalue weighted by Crippen LogP contribution is -2.60. The predicted octanol–water partition coefficient (Wildman–Crippen LogP) is 6.20. The number of hydrogen-bond donors (Lipinski definition) is 15. The van der Waals surface area contributed by atoms with Gasteiger partial charge < -0.3 is 102 Å². The van der Waals surface area contributed by atoms with E-state index >= 15 is 28.8 Å². The van der Waals surface area contributed by atoms with Gasteiger partial charge in [0.15, 0.2) is 28.8 Å². The average molecular weight is 1580 g/mol. The normalized spacial score (nSPS) is 28.7. The number of rotatable bonds is 19. The van der Waals surface area contributed by atoms with Crippen molar-refractivity contribution in [2.24, 2.45) is 53.1 Å². The van der Waals surface area contributed by atoms with E-state index in [-0.39, 0.29) is 123 Å². The molecule has 0 spiro atoms. The van der Waals surface area contributed by atoms with E-state index in [2.05, 4.69) is 31.9 Å². The van der Waals surface area contributed by atoms with Crippen molar-refractivity contribution in [3.05, 3.63) is 117 Å². The first-order valence-corrected chi connectivity index (χ1v) is 38.1. The molecule has 1 unspecified atom stereocenters. The second-order valence-electron chi connectivity index (χ2n) is 30.5. The van der Waals surface area contributed by atoms with Gasteiger partial charge in [-0.3, -0.25) is 43.7 Å². The molecular weight excluding hydrogens is 1490 g/mol. The average Bonchev–Trinajstić information content (AvgIpc) is 0.761. The van der Waals surface area contributed by atoms with Gasteiger partial charge in [0, 0.05) is 69.0 Å². The Morgan fingerprint density at radius 1 is 0.667 bits per heavy atom. The minimum absolute atomic E-state index is 0.0230. The summed E-state index contributed by atoms with van der Waals surface area (Å²) in [4.78, 5) is 137. The summed E-state index contributed by atoms with van der Waals surface area (Å²) in [5.41, 5.74) is 4.46. The molecule has 7 amide bonds. The Hall–Kier alpha value is -9.05. The largest absolute Gasteiger partial charge is 0.508 e. The number of aromatic hydroxyl groups is 3.